The van der Waals surface area contributed by atoms with Crippen LogP contribution in [0.3, 0.4) is 0 Å². The van der Waals surface area contributed by atoms with Crippen molar-refractivity contribution in [1.82, 2.24) is 4.90 Å². The first-order chi connectivity index (χ1) is 9.29. The molecule has 0 saturated carbocycles. The number of amides is 2. The molecule has 0 bridgehead atoms. The number of benzene rings is 1. The maximum absolute atomic E-state index is 11.8. The summed E-state index contributed by atoms with van der Waals surface area (Å²) < 4.78 is 30.2. The van der Waals surface area contributed by atoms with E-state index in [-0.39, 0.29) is 12.6 Å². The third-order valence-electron chi connectivity index (χ3n) is 2.84. The number of hydrogen-bond donors (Lipinski definition) is 1. The predicted molar refractivity (Wildman–Crippen MR) is 76.8 cm³/mol. The molecule has 1 aromatic rings. The molecule has 110 valence electrons. The summed E-state index contributed by atoms with van der Waals surface area (Å²) in [7, 11) is -0.121. The van der Waals surface area contributed by atoms with Crippen LogP contribution in [0, 0.1) is 0 Å². The molecule has 0 unspecified atom stereocenters. The number of nitrogens with one attached hydrogen (secondary N) is 1. The van der Waals surface area contributed by atoms with E-state index in [0.29, 0.717) is 23.7 Å². The quantitative estimate of drug-likeness (QED) is 0.881. The number of fused-ring (bicyclic) bond motifs is 1. The van der Waals surface area contributed by atoms with E-state index in [0.717, 1.165) is 6.26 Å². The molecular weight excluding hydrogens is 282 g/mol. The highest BCUT2D eigenvalue weighted by Crippen LogP contribution is 2.35. The van der Waals surface area contributed by atoms with Gasteiger partial charge in [0.25, 0.3) is 0 Å². The molecule has 0 saturated heterocycles. The Kier molecular flexibility index (Phi) is 3.76. The molecule has 8 heteroatoms. The van der Waals surface area contributed by atoms with Crippen LogP contribution in [0.2, 0.25) is 0 Å². The summed E-state index contributed by atoms with van der Waals surface area (Å²) in [6.45, 7) is 0.570. The molecule has 0 fully saturated rings. The minimum atomic E-state index is -3.37. The van der Waals surface area contributed by atoms with Crippen molar-refractivity contribution in [2.24, 2.45) is 0 Å². The van der Waals surface area contributed by atoms with Crippen molar-refractivity contribution in [1.29, 1.82) is 0 Å². The average molecular weight is 299 g/mol. The number of hydrogen-bond acceptors (Lipinski definition) is 4. The molecule has 0 spiro atoms. The number of sulfonamides is 1. The van der Waals surface area contributed by atoms with Crippen LogP contribution in [0.1, 0.15) is 0 Å². The van der Waals surface area contributed by atoms with Crippen molar-refractivity contribution < 1.29 is 17.9 Å². The molecule has 1 heterocycles. The first-order valence-corrected chi connectivity index (χ1v) is 7.87. The summed E-state index contributed by atoms with van der Waals surface area (Å²) >= 11 is 0. The predicted octanol–water partition coefficient (Wildman–Crippen LogP) is 0.939. The summed E-state index contributed by atoms with van der Waals surface area (Å²) in [4.78, 5) is 13.0. The first kappa shape index (κ1) is 14.4. The zero-order valence-electron chi connectivity index (χ0n) is 11.6. The van der Waals surface area contributed by atoms with Crippen LogP contribution in [0.15, 0.2) is 18.2 Å². The molecule has 2 amide bonds. The van der Waals surface area contributed by atoms with Gasteiger partial charge in [-0.25, -0.2) is 13.2 Å². The van der Waals surface area contributed by atoms with Gasteiger partial charge in [-0.15, -0.1) is 0 Å². The monoisotopic (exact) mass is 299 g/mol. The van der Waals surface area contributed by atoms with Gasteiger partial charge >= 0.3 is 6.03 Å². The van der Waals surface area contributed by atoms with Gasteiger partial charge in [-0.05, 0) is 18.2 Å². The molecule has 7 nitrogen and oxygen atoms in total. The number of carbonyl (C=O) groups excluding carboxylic acids is 1. The van der Waals surface area contributed by atoms with Crippen LogP contribution >= 0.6 is 0 Å². The number of rotatable bonds is 2. The Hall–Kier alpha value is -1.96. The van der Waals surface area contributed by atoms with E-state index in [9.17, 15) is 13.2 Å². The van der Waals surface area contributed by atoms with Crippen LogP contribution < -0.4 is 14.4 Å². The average Bonchev–Trinajstić information content (AvgIpc) is 2.36. The number of nitrogens with zero attached hydrogens (tertiary/aromatic N) is 2. The summed E-state index contributed by atoms with van der Waals surface area (Å²) in [5.41, 5.74) is 0.955. The lowest BCUT2D eigenvalue weighted by Crippen LogP contribution is -2.37. The van der Waals surface area contributed by atoms with Crippen molar-refractivity contribution in [3.05, 3.63) is 18.2 Å². The number of ether oxygens (including phenoxy) is 1. The van der Waals surface area contributed by atoms with Gasteiger partial charge in [-0.3, -0.25) is 4.31 Å². The lowest BCUT2D eigenvalue weighted by Gasteiger charge is -2.29. The Morgan fingerprint density at radius 2 is 2.10 bits per heavy atom. The Balaban J connectivity index is 2.35. The molecule has 1 aliphatic rings. The minimum Gasteiger partial charge on any atom is -0.489 e. The van der Waals surface area contributed by atoms with Gasteiger partial charge in [0.05, 0.1) is 18.5 Å². The van der Waals surface area contributed by atoms with E-state index < -0.39 is 10.0 Å². The van der Waals surface area contributed by atoms with Crippen LogP contribution in [-0.4, -0.2) is 52.9 Å². The highest BCUT2D eigenvalue weighted by molar-refractivity contribution is 7.92. The molecule has 1 N–H and O–H groups in total. The third-order valence-corrected chi connectivity index (χ3v) is 4.02. The van der Waals surface area contributed by atoms with E-state index in [1.54, 1.807) is 32.3 Å². The summed E-state index contributed by atoms with van der Waals surface area (Å²) in [5, 5.41) is 2.67. The zero-order chi connectivity index (χ0) is 14.9. The normalized spacial score (nSPS) is 14.2. The fourth-order valence-electron chi connectivity index (χ4n) is 1.85. The van der Waals surface area contributed by atoms with E-state index in [1.807, 2.05) is 0 Å². The smallest absolute Gasteiger partial charge is 0.321 e. The van der Waals surface area contributed by atoms with Crippen molar-refractivity contribution in [3.8, 4) is 5.75 Å². The lowest BCUT2D eigenvalue weighted by molar-refractivity contribution is 0.230. The van der Waals surface area contributed by atoms with Gasteiger partial charge < -0.3 is 15.0 Å². The van der Waals surface area contributed by atoms with Gasteiger partial charge in [0.2, 0.25) is 10.0 Å². The minimum absolute atomic E-state index is 0.261. The lowest BCUT2D eigenvalue weighted by atomic mass is 10.2. The fraction of sp³-hybridized carbons (Fsp3) is 0.417. The molecule has 20 heavy (non-hydrogen) atoms. The molecule has 0 aromatic heterocycles. The van der Waals surface area contributed by atoms with Crippen molar-refractivity contribution in [2.45, 2.75) is 0 Å². The van der Waals surface area contributed by atoms with Crippen molar-refractivity contribution in [3.63, 3.8) is 0 Å². The van der Waals surface area contributed by atoms with E-state index in [2.05, 4.69) is 5.32 Å². The second-order valence-corrected chi connectivity index (χ2v) is 6.60. The largest absolute Gasteiger partial charge is 0.489 e. The zero-order valence-corrected chi connectivity index (χ0v) is 12.4. The third kappa shape index (κ3) is 2.96. The van der Waals surface area contributed by atoms with E-state index in [1.165, 1.54) is 9.21 Å². The van der Waals surface area contributed by atoms with Gasteiger partial charge in [0.15, 0.2) is 0 Å². The maximum Gasteiger partial charge on any atom is 0.321 e. The number of urea groups is 1. The summed E-state index contributed by atoms with van der Waals surface area (Å²) in [5.74, 6) is 0.490. The Morgan fingerprint density at radius 1 is 1.40 bits per heavy atom. The molecule has 0 aliphatic carbocycles. The van der Waals surface area contributed by atoms with Gasteiger partial charge in [-0.1, -0.05) is 0 Å². The molecule has 0 radical (unpaired) electrons. The molecule has 0 atom stereocenters. The maximum atomic E-state index is 11.8. The Labute approximate surface area is 118 Å². The van der Waals surface area contributed by atoms with Crippen LogP contribution in [0.5, 0.6) is 5.75 Å². The fourth-order valence-corrected chi connectivity index (χ4v) is 2.76. The molecule has 1 aliphatic heterocycles. The Morgan fingerprint density at radius 3 is 2.70 bits per heavy atom. The van der Waals surface area contributed by atoms with Crippen LogP contribution in [0.4, 0.5) is 16.2 Å². The van der Waals surface area contributed by atoms with Crippen molar-refractivity contribution in [2.75, 3.05) is 43.1 Å². The molecule has 2 rings (SSSR count). The van der Waals surface area contributed by atoms with Crippen molar-refractivity contribution >= 4 is 27.4 Å². The molecular formula is C12H17N3O4S. The van der Waals surface area contributed by atoms with Crippen LogP contribution in [0.25, 0.3) is 0 Å². The Bertz CT molecular complexity index is 628. The summed E-state index contributed by atoms with van der Waals surface area (Å²) in [6.07, 6.45) is 1.15. The van der Waals surface area contributed by atoms with Gasteiger partial charge in [0, 0.05) is 19.8 Å². The summed E-state index contributed by atoms with van der Waals surface area (Å²) in [6, 6.07) is 4.63. The second kappa shape index (κ2) is 5.20. The first-order valence-electron chi connectivity index (χ1n) is 6.02. The van der Waals surface area contributed by atoms with Crippen LogP contribution in [-0.2, 0) is 10.0 Å². The van der Waals surface area contributed by atoms with E-state index in [4.69, 9.17) is 4.74 Å². The highest BCUT2D eigenvalue weighted by atomic mass is 32.2. The van der Waals surface area contributed by atoms with Gasteiger partial charge in [0.1, 0.15) is 12.4 Å². The topological polar surface area (TPSA) is 79.0 Å². The SMILES string of the molecule is CN(C)C(=O)Nc1ccc2c(c1)N(S(C)(=O)=O)CCO2. The van der Waals surface area contributed by atoms with E-state index >= 15 is 0 Å². The highest BCUT2D eigenvalue weighted by Gasteiger charge is 2.25. The molecule has 1 aromatic carbocycles. The second-order valence-electron chi connectivity index (χ2n) is 4.69. The standard InChI is InChI=1S/C12H17N3O4S/c1-14(2)12(16)13-9-4-5-11-10(8-9)15(6-7-19-11)20(3,17)18/h4-5,8H,6-7H2,1-3H3,(H,13,16). The van der Waals surface area contributed by atoms with Gasteiger partial charge in [-0.2, -0.15) is 0 Å². The number of anilines is 2. The number of carbonyl (C=O) groups is 1.